The molecule has 0 aromatic heterocycles. The van der Waals surface area contributed by atoms with Crippen molar-refractivity contribution in [1.82, 2.24) is 10.0 Å². The number of rotatable bonds is 1. The summed E-state index contributed by atoms with van der Waals surface area (Å²) in [5.41, 5.74) is 1.56. The van der Waals surface area contributed by atoms with Gasteiger partial charge in [0.05, 0.1) is 11.6 Å². The average Bonchev–Trinajstić information content (AvgIpc) is 2.81. The molecule has 1 amide bonds. The van der Waals surface area contributed by atoms with Gasteiger partial charge in [0.2, 0.25) is 5.91 Å². The van der Waals surface area contributed by atoms with E-state index in [-0.39, 0.29) is 17.6 Å². The van der Waals surface area contributed by atoms with Crippen LogP contribution in [-0.4, -0.2) is 29.0 Å². The molecule has 0 N–H and O–H groups in total. The van der Waals surface area contributed by atoms with Crippen molar-refractivity contribution in [3.05, 3.63) is 41.7 Å². The van der Waals surface area contributed by atoms with Crippen molar-refractivity contribution >= 4 is 11.6 Å². The van der Waals surface area contributed by atoms with E-state index in [4.69, 9.17) is 0 Å². The predicted octanol–water partition coefficient (Wildman–Crippen LogP) is 1.88. The number of amides is 1. The highest BCUT2D eigenvalue weighted by molar-refractivity contribution is 5.90. The van der Waals surface area contributed by atoms with E-state index in [1.165, 1.54) is 12.1 Å². The standard InChI is InChI=1S/C13H13FN2O/c1-9-8-15-6-5-12(16(15)13(9)17)10-3-2-4-11(14)7-10/h2-5,7,9H,6,8H2,1H3. The van der Waals surface area contributed by atoms with E-state index in [1.54, 1.807) is 11.1 Å². The lowest BCUT2D eigenvalue weighted by atomic mass is 10.1. The fourth-order valence-corrected chi connectivity index (χ4v) is 2.42. The lowest BCUT2D eigenvalue weighted by Crippen LogP contribution is -2.32. The molecule has 88 valence electrons. The van der Waals surface area contributed by atoms with Crippen LogP contribution >= 0.6 is 0 Å². The zero-order valence-corrected chi connectivity index (χ0v) is 9.56. The van der Waals surface area contributed by atoms with Crippen LogP contribution in [0.25, 0.3) is 5.70 Å². The fourth-order valence-electron chi connectivity index (χ4n) is 2.42. The molecular weight excluding hydrogens is 219 g/mol. The van der Waals surface area contributed by atoms with E-state index in [0.717, 1.165) is 24.4 Å². The highest BCUT2D eigenvalue weighted by Crippen LogP contribution is 2.33. The van der Waals surface area contributed by atoms with Gasteiger partial charge in [0, 0.05) is 18.7 Å². The van der Waals surface area contributed by atoms with Crippen molar-refractivity contribution in [2.24, 2.45) is 5.92 Å². The van der Waals surface area contributed by atoms with Crippen LogP contribution in [0, 0.1) is 11.7 Å². The Labute approximate surface area is 99.1 Å². The SMILES string of the molecule is CC1CN2CC=C(c3cccc(F)c3)N2C1=O. The second kappa shape index (κ2) is 3.67. The molecule has 4 heteroatoms. The van der Waals surface area contributed by atoms with E-state index in [9.17, 15) is 9.18 Å². The van der Waals surface area contributed by atoms with Gasteiger partial charge in [0.1, 0.15) is 5.82 Å². The Balaban J connectivity index is 1.98. The number of carbonyl (C=O) groups is 1. The molecule has 0 radical (unpaired) electrons. The second-order valence-corrected chi connectivity index (χ2v) is 4.52. The van der Waals surface area contributed by atoms with Crippen LogP contribution < -0.4 is 0 Å². The highest BCUT2D eigenvalue weighted by atomic mass is 19.1. The fraction of sp³-hybridized carbons (Fsp3) is 0.308. The van der Waals surface area contributed by atoms with Crippen LogP contribution in [0.2, 0.25) is 0 Å². The summed E-state index contributed by atoms with van der Waals surface area (Å²) in [6, 6.07) is 6.36. The summed E-state index contributed by atoms with van der Waals surface area (Å²) in [6.45, 7) is 3.39. The Bertz CT molecular complexity index is 512. The molecule has 1 aromatic rings. The molecule has 0 saturated carbocycles. The molecule has 3 nitrogen and oxygen atoms in total. The number of hydrogen-bond acceptors (Lipinski definition) is 2. The zero-order valence-electron chi connectivity index (χ0n) is 9.56. The minimum absolute atomic E-state index is 0.0206. The summed E-state index contributed by atoms with van der Waals surface area (Å²) < 4.78 is 13.2. The Morgan fingerprint density at radius 1 is 1.41 bits per heavy atom. The lowest BCUT2D eigenvalue weighted by molar-refractivity contribution is -0.132. The summed E-state index contributed by atoms with van der Waals surface area (Å²) >= 11 is 0. The van der Waals surface area contributed by atoms with E-state index >= 15 is 0 Å². The predicted molar refractivity (Wildman–Crippen MR) is 62.0 cm³/mol. The molecule has 1 aromatic carbocycles. The van der Waals surface area contributed by atoms with Crippen molar-refractivity contribution in [2.45, 2.75) is 6.92 Å². The van der Waals surface area contributed by atoms with E-state index < -0.39 is 0 Å². The van der Waals surface area contributed by atoms with Gasteiger partial charge >= 0.3 is 0 Å². The van der Waals surface area contributed by atoms with E-state index in [2.05, 4.69) is 0 Å². The van der Waals surface area contributed by atoms with Gasteiger partial charge in [-0.3, -0.25) is 4.79 Å². The summed E-state index contributed by atoms with van der Waals surface area (Å²) in [6.07, 6.45) is 1.97. The molecule has 1 saturated heterocycles. The lowest BCUT2D eigenvalue weighted by Gasteiger charge is -2.22. The number of halogens is 1. The zero-order chi connectivity index (χ0) is 12.0. The minimum Gasteiger partial charge on any atom is -0.273 e. The first-order chi connectivity index (χ1) is 8.16. The summed E-state index contributed by atoms with van der Waals surface area (Å²) in [5.74, 6) is -0.160. The van der Waals surface area contributed by atoms with Crippen LogP contribution in [-0.2, 0) is 4.79 Å². The van der Waals surface area contributed by atoms with E-state index in [1.807, 2.05) is 24.1 Å². The van der Waals surface area contributed by atoms with Crippen LogP contribution in [0.4, 0.5) is 4.39 Å². The Morgan fingerprint density at radius 2 is 2.24 bits per heavy atom. The number of benzene rings is 1. The maximum atomic E-state index is 13.2. The molecule has 1 atom stereocenters. The Morgan fingerprint density at radius 3 is 3.00 bits per heavy atom. The molecule has 2 heterocycles. The van der Waals surface area contributed by atoms with Crippen LogP contribution in [0.3, 0.4) is 0 Å². The molecular formula is C13H13FN2O. The normalized spacial score (nSPS) is 24.1. The first-order valence-corrected chi connectivity index (χ1v) is 5.72. The van der Waals surface area contributed by atoms with Gasteiger partial charge < -0.3 is 0 Å². The second-order valence-electron chi connectivity index (χ2n) is 4.52. The first kappa shape index (κ1) is 10.5. The number of fused-ring (bicyclic) bond motifs is 1. The quantitative estimate of drug-likeness (QED) is 0.738. The number of carbonyl (C=O) groups excluding carboxylic acids is 1. The molecule has 3 rings (SSSR count). The maximum Gasteiger partial charge on any atom is 0.245 e. The summed E-state index contributed by atoms with van der Waals surface area (Å²) in [5, 5.41) is 3.67. The van der Waals surface area contributed by atoms with Crippen molar-refractivity contribution in [1.29, 1.82) is 0 Å². The molecule has 0 bridgehead atoms. The number of hydrazine groups is 1. The average molecular weight is 232 g/mol. The maximum absolute atomic E-state index is 13.2. The van der Waals surface area contributed by atoms with Crippen molar-refractivity contribution in [2.75, 3.05) is 13.1 Å². The highest BCUT2D eigenvalue weighted by Gasteiger charge is 2.40. The van der Waals surface area contributed by atoms with Gasteiger partial charge in [-0.05, 0) is 18.2 Å². The van der Waals surface area contributed by atoms with Crippen LogP contribution in [0.5, 0.6) is 0 Å². The molecule has 0 aliphatic carbocycles. The van der Waals surface area contributed by atoms with Crippen molar-refractivity contribution < 1.29 is 9.18 Å². The van der Waals surface area contributed by atoms with Crippen molar-refractivity contribution in [3.63, 3.8) is 0 Å². The Kier molecular flexibility index (Phi) is 2.26. The van der Waals surface area contributed by atoms with Gasteiger partial charge in [-0.1, -0.05) is 19.1 Å². The minimum atomic E-state index is -0.276. The summed E-state index contributed by atoms with van der Waals surface area (Å²) in [7, 11) is 0. The van der Waals surface area contributed by atoms with Gasteiger partial charge in [-0.15, -0.1) is 0 Å². The van der Waals surface area contributed by atoms with Gasteiger partial charge in [0.15, 0.2) is 0 Å². The topological polar surface area (TPSA) is 23.6 Å². The van der Waals surface area contributed by atoms with Crippen molar-refractivity contribution in [3.8, 4) is 0 Å². The van der Waals surface area contributed by atoms with Crippen LogP contribution in [0.15, 0.2) is 30.3 Å². The molecule has 17 heavy (non-hydrogen) atoms. The molecule has 2 aliphatic rings. The number of hydrogen-bond donors (Lipinski definition) is 0. The van der Waals surface area contributed by atoms with Gasteiger partial charge in [-0.25, -0.2) is 14.4 Å². The molecule has 0 spiro atoms. The molecule has 1 fully saturated rings. The van der Waals surface area contributed by atoms with Crippen LogP contribution in [0.1, 0.15) is 12.5 Å². The first-order valence-electron chi connectivity index (χ1n) is 5.72. The van der Waals surface area contributed by atoms with E-state index in [0.29, 0.717) is 0 Å². The monoisotopic (exact) mass is 232 g/mol. The number of nitrogens with zero attached hydrogens (tertiary/aromatic N) is 2. The molecule has 2 aliphatic heterocycles. The smallest absolute Gasteiger partial charge is 0.245 e. The summed E-state index contributed by atoms with van der Waals surface area (Å²) in [4.78, 5) is 12.0. The third-order valence-corrected chi connectivity index (χ3v) is 3.24. The third-order valence-electron chi connectivity index (χ3n) is 3.24. The Hall–Kier alpha value is -1.68. The van der Waals surface area contributed by atoms with Gasteiger partial charge in [0.25, 0.3) is 0 Å². The van der Waals surface area contributed by atoms with Gasteiger partial charge in [-0.2, -0.15) is 0 Å². The third kappa shape index (κ3) is 1.56. The largest absolute Gasteiger partial charge is 0.273 e. The molecule has 1 unspecified atom stereocenters.